The lowest BCUT2D eigenvalue weighted by molar-refractivity contribution is 0.102. The van der Waals surface area contributed by atoms with Crippen LogP contribution in [0.15, 0.2) is 63.5 Å². The number of hydrogen-bond donors (Lipinski definition) is 2. The summed E-state index contributed by atoms with van der Waals surface area (Å²) in [4.78, 5) is 16.3. The Hall–Kier alpha value is -3.48. The van der Waals surface area contributed by atoms with E-state index in [2.05, 4.69) is 30.4 Å². The molecule has 2 aromatic heterocycles. The van der Waals surface area contributed by atoms with Gasteiger partial charge in [0, 0.05) is 11.1 Å². The first kappa shape index (κ1) is 20.8. The Morgan fingerprint density at radius 1 is 1.06 bits per heavy atom. The normalized spacial score (nSPS) is 11.4. The molecule has 2 heterocycles. The predicted octanol–water partition coefficient (Wildman–Crippen LogP) is 2.63. The maximum atomic E-state index is 12.5. The number of nitrogens with one attached hydrogen (secondary N) is 2. The summed E-state index contributed by atoms with van der Waals surface area (Å²) < 4.78 is 32.1. The molecule has 2 aromatic carbocycles. The van der Waals surface area contributed by atoms with Gasteiger partial charge in [0.2, 0.25) is 21.2 Å². The Balaban J connectivity index is 1.39. The molecule has 0 aliphatic heterocycles. The highest BCUT2D eigenvalue weighted by Gasteiger charge is 2.22. The lowest BCUT2D eigenvalue weighted by Crippen LogP contribution is -2.23. The van der Waals surface area contributed by atoms with Crippen molar-refractivity contribution in [2.45, 2.75) is 17.8 Å². The van der Waals surface area contributed by atoms with Crippen molar-refractivity contribution >= 4 is 32.4 Å². The van der Waals surface area contributed by atoms with Gasteiger partial charge in [-0.1, -0.05) is 64.5 Å². The number of benzene rings is 2. The lowest BCUT2D eigenvalue weighted by Gasteiger charge is -2.00. The van der Waals surface area contributed by atoms with Gasteiger partial charge < -0.3 is 4.52 Å². The Kier molecular flexibility index (Phi) is 5.84. The summed E-state index contributed by atoms with van der Waals surface area (Å²) in [6.45, 7) is 1.75. The zero-order chi connectivity index (χ0) is 21.8. The highest BCUT2D eigenvalue weighted by Crippen LogP contribution is 2.21. The van der Waals surface area contributed by atoms with E-state index in [4.69, 9.17) is 4.52 Å². The summed E-state index contributed by atoms with van der Waals surface area (Å²) in [5.74, 6) is 0.0421. The van der Waals surface area contributed by atoms with Crippen molar-refractivity contribution < 1.29 is 17.7 Å². The molecule has 31 heavy (non-hydrogen) atoms. The van der Waals surface area contributed by atoms with E-state index in [1.54, 1.807) is 30.3 Å². The highest BCUT2D eigenvalue weighted by atomic mass is 32.2. The van der Waals surface area contributed by atoms with E-state index in [0.29, 0.717) is 11.4 Å². The van der Waals surface area contributed by atoms with E-state index < -0.39 is 15.9 Å². The second-order valence-electron chi connectivity index (χ2n) is 6.40. The van der Waals surface area contributed by atoms with Gasteiger partial charge >= 0.3 is 0 Å². The Labute approximate surface area is 181 Å². The first-order valence-corrected chi connectivity index (χ1v) is 11.3. The van der Waals surface area contributed by atoms with E-state index in [1.807, 2.05) is 31.2 Å². The molecule has 0 unspecified atom stereocenters. The highest BCUT2D eigenvalue weighted by molar-refractivity contribution is 7.91. The van der Waals surface area contributed by atoms with Crippen LogP contribution in [0.5, 0.6) is 0 Å². The van der Waals surface area contributed by atoms with Crippen molar-refractivity contribution in [1.29, 1.82) is 0 Å². The molecular weight excluding hydrogens is 440 g/mol. The molecule has 0 saturated heterocycles. The van der Waals surface area contributed by atoms with Crippen molar-refractivity contribution in [3.8, 4) is 11.4 Å². The summed E-state index contributed by atoms with van der Waals surface area (Å²) in [5.41, 5.74) is 2.27. The SMILES string of the molecule is Cc1ccc(-c2noc(CNS(=O)(=O)c3nnc(NC(=O)c4ccccc4)s3)n2)cc1. The number of anilines is 1. The maximum absolute atomic E-state index is 12.5. The van der Waals surface area contributed by atoms with Gasteiger partial charge in [-0.25, -0.2) is 8.42 Å². The summed E-state index contributed by atoms with van der Waals surface area (Å²) in [7, 11) is -3.98. The van der Waals surface area contributed by atoms with Crippen LogP contribution in [0.25, 0.3) is 11.4 Å². The summed E-state index contributed by atoms with van der Waals surface area (Å²) >= 11 is 0.730. The number of sulfonamides is 1. The lowest BCUT2D eigenvalue weighted by atomic mass is 10.1. The number of rotatable bonds is 7. The molecular formula is C19H16N6O4S2. The van der Waals surface area contributed by atoms with Crippen LogP contribution in [0.1, 0.15) is 21.8 Å². The van der Waals surface area contributed by atoms with Crippen LogP contribution >= 0.6 is 11.3 Å². The minimum absolute atomic E-state index is 0.0636. The average molecular weight is 457 g/mol. The van der Waals surface area contributed by atoms with Crippen LogP contribution in [0.4, 0.5) is 5.13 Å². The number of carbonyl (C=O) groups excluding carboxylic acids is 1. The first-order valence-electron chi connectivity index (χ1n) is 9.00. The average Bonchev–Trinajstić information content (AvgIpc) is 3.44. The minimum atomic E-state index is -3.98. The fraction of sp³-hybridized carbons (Fsp3) is 0.105. The fourth-order valence-electron chi connectivity index (χ4n) is 2.49. The van der Waals surface area contributed by atoms with E-state index >= 15 is 0 Å². The zero-order valence-corrected chi connectivity index (χ0v) is 17.8. The van der Waals surface area contributed by atoms with Gasteiger partial charge in [0.15, 0.2) is 0 Å². The Morgan fingerprint density at radius 3 is 2.55 bits per heavy atom. The van der Waals surface area contributed by atoms with Gasteiger partial charge in [-0.15, -0.1) is 10.2 Å². The monoisotopic (exact) mass is 456 g/mol. The second-order valence-corrected chi connectivity index (χ2v) is 9.31. The quantitative estimate of drug-likeness (QED) is 0.405. The Bertz CT molecular complexity index is 1300. The van der Waals surface area contributed by atoms with E-state index in [0.717, 1.165) is 22.5 Å². The van der Waals surface area contributed by atoms with Crippen molar-refractivity contribution in [2.24, 2.45) is 0 Å². The van der Waals surface area contributed by atoms with Gasteiger partial charge in [-0.3, -0.25) is 10.1 Å². The molecule has 10 nitrogen and oxygen atoms in total. The van der Waals surface area contributed by atoms with Crippen molar-refractivity contribution in [3.05, 3.63) is 71.6 Å². The van der Waals surface area contributed by atoms with E-state index in [9.17, 15) is 13.2 Å². The van der Waals surface area contributed by atoms with Gasteiger partial charge in [-0.2, -0.15) is 9.71 Å². The minimum Gasteiger partial charge on any atom is -0.338 e. The van der Waals surface area contributed by atoms with Crippen LogP contribution in [0.2, 0.25) is 0 Å². The number of aromatic nitrogens is 4. The molecule has 0 aliphatic carbocycles. The molecule has 0 aliphatic rings. The van der Waals surface area contributed by atoms with Crippen molar-refractivity contribution in [1.82, 2.24) is 25.1 Å². The van der Waals surface area contributed by atoms with Crippen LogP contribution < -0.4 is 10.0 Å². The number of carbonyl (C=O) groups is 1. The third-order valence-electron chi connectivity index (χ3n) is 4.08. The number of hydrogen-bond acceptors (Lipinski definition) is 9. The van der Waals surface area contributed by atoms with E-state index in [-0.39, 0.29) is 21.9 Å². The molecule has 0 bridgehead atoms. The summed E-state index contributed by atoms with van der Waals surface area (Å²) in [5, 5.41) is 13.8. The van der Waals surface area contributed by atoms with Gasteiger partial charge in [0.25, 0.3) is 15.9 Å². The van der Waals surface area contributed by atoms with Crippen LogP contribution in [-0.2, 0) is 16.6 Å². The van der Waals surface area contributed by atoms with Crippen molar-refractivity contribution in [2.75, 3.05) is 5.32 Å². The van der Waals surface area contributed by atoms with Crippen LogP contribution in [0.3, 0.4) is 0 Å². The number of nitrogens with zero attached hydrogens (tertiary/aromatic N) is 4. The number of aryl methyl sites for hydroxylation is 1. The van der Waals surface area contributed by atoms with Gasteiger partial charge in [-0.05, 0) is 19.1 Å². The number of amides is 1. The molecule has 1 amide bonds. The second kappa shape index (κ2) is 8.71. The molecule has 12 heteroatoms. The molecule has 0 atom stereocenters. The summed E-state index contributed by atoms with van der Waals surface area (Å²) in [6.07, 6.45) is 0. The van der Waals surface area contributed by atoms with Gasteiger partial charge in [0.1, 0.15) is 0 Å². The van der Waals surface area contributed by atoms with E-state index in [1.165, 1.54) is 0 Å². The van der Waals surface area contributed by atoms with Crippen molar-refractivity contribution in [3.63, 3.8) is 0 Å². The Morgan fingerprint density at radius 2 is 1.81 bits per heavy atom. The smallest absolute Gasteiger partial charge is 0.270 e. The molecule has 0 radical (unpaired) electrons. The summed E-state index contributed by atoms with van der Waals surface area (Å²) in [6, 6.07) is 16.0. The molecule has 2 N–H and O–H groups in total. The van der Waals surface area contributed by atoms with Crippen LogP contribution in [0, 0.1) is 6.92 Å². The van der Waals surface area contributed by atoms with Crippen LogP contribution in [-0.4, -0.2) is 34.7 Å². The molecule has 158 valence electrons. The zero-order valence-electron chi connectivity index (χ0n) is 16.1. The molecule has 0 spiro atoms. The molecule has 4 aromatic rings. The predicted molar refractivity (Wildman–Crippen MR) is 113 cm³/mol. The topological polar surface area (TPSA) is 140 Å². The molecule has 4 rings (SSSR count). The standard InChI is InChI=1S/C19H16N6O4S2/c1-12-7-9-13(10-8-12)16-21-15(29-25-16)11-20-31(27,28)19-24-23-18(30-19)22-17(26)14-5-3-2-4-6-14/h2-10,20H,11H2,1H3,(H,22,23,26). The largest absolute Gasteiger partial charge is 0.338 e. The fourth-order valence-corrected chi connectivity index (χ4v) is 4.40. The first-order chi connectivity index (χ1) is 14.9. The molecule has 0 fully saturated rings. The maximum Gasteiger partial charge on any atom is 0.270 e. The third-order valence-corrected chi connectivity index (χ3v) is 6.69. The van der Waals surface area contributed by atoms with Gasteiger partial charge in [0.05, 0.1) is 6.54 Å². The third kappa shape index (κ3) is 4.99. The molecule has 0 saturated carbocycles.